The van der Waals surface area contributed by atoms with Crippen molar-refractivity contribution in [3.8, 4) is 0 Å². The summed E-state index contributed by atoms with van der Waals surface area (Å²) in [6.07, 6.45) is 0.00620. The van der Waals surface area contributed by atoms with Crippen molar-refractivity contribution >= 4 is 41.8 Å². The zero-order valence-corrected chi connectivity index (χ0v) is 20.7. The number of carbonyl (C=O) groups is 2. The summed E-state index contributed by atoms with van der Waals surface area (Å²) in [6, 6.07) is 15.5. The summed E-state index contributed by atoms with van der Waals surface area (Å²) < 4.78 is 6.01. The van der Waals surface area contributed by atoms with Crippen LogP contribution >= 0.6 is 24.0 Å². The molecule has 32 heavy (non-hydrogen) atoms. The Balaban J connectivity index is 0.00000363. The molecule has 0 radical (unpaired) electrons. The maximum Gasteiger partial charge on any atom is 0.251 e. The second kappa shape index (κ2) is 12.4. The van der Waals surface area contributed by atoms with E-state index < -0.39 is 5.91 Å². The van der Waals surface area contributed by atoms with E-state index in [0.29, 0.717) is 18.7 Å². The fourth-order valence-corrected chi connectivity index (χ4v) is 3.53. The van der Waals surface area contributed by atoms with Crippen molar-refractivity contribution in [2.24, 2.45) is 10.7 Å². The number of morpholine rings is 1. The predicted molar refractivity (Wildman–Crippen MR) is 135 cm³/mol. The number of carbonyl (C=O) groups excluding carboxylic acids is 2. The van der Waals surface area contributed by atoms with Gasteiger partial charge in [-0.3, -0.25) is 14.6 Å². The molecular weight excluding hydrogens is 521 g/mol. The molecular formula is C23H30IN5O3. The van der Waals surface area contributed by atoms with Gasteiger partial charge in [-0.2, -0.15) is 0 Å². The van der Waals surface area contributed by atoms with Crippen LogP contribution < -0.4 is 16.4 Å². The van der Waals surface area contributed by atoms with Crippen LogP contribution in [0.1, 0.15) is 33.2 Å². The number of aliphatic imine (C=N–C) groups is 1. The van der Waals surface area contributed by atoms with Gasteiger partial charge in [0.1, 0.15) is 6.10 Å². The molecule has 1 heterocycles. The van der Waals surface area contributed by atoms with E-state index in [1.54, 1.807) is 19.2 Å². The zero-order valence-electron chi connectivity index (χ0n) is 18.3. The van der Waals surface area contributed by atoms with Gasteiger partial charge in [0, 0.05) is 25.7 Å². The van der Waals surface area contributed by atoms with Gasteiger partial charge in [0.15, 0.2) is 5.96 Å². The number of nitrogens with two attached hydrogens (primary N) is 1. The van der Waals surface area contributed by atoms with Gasteiger partial charge in [0.05, 0.1) is 19.7 Å². The third-order valence-electron chi connectivity index (χ3n) is 5.20. The van der Waals surface area contributed by atoms with Crippen LogP contribution in [0.25, 0.3) is 0 Å². The maximum atomic E-state index is 12.0. The highest BCUT2D eigenvalue weighted by Crippen LogP contribution is 2.25. The van der Waals surface area contributed by atoms with Gasteiger partial charge in [0.2, 0.25) is 5.91 Å². The molecule has 0 bridgehead atoms. The van der Waals surface area contributed by atoms with Crippen LogP contribution in [-0.4, -0.2) is 56.0 Å². The largest absolute Gasteiger partial charge is 0.370 e. The Bertz CT molecular complexity index is 949. The molecule has 0 spiro atoms. The lowest BCUT2D eigenvalue weighted by atomic mass is 10.0. The van der Waals surface area contributed by atoms with Gasteiger partial charge in [-0.15, -0.1) is 24.0 Å². The van der Waals surface area contributed by atoms with Gasteiger partial charge in [-0.25, -0.2) is 0 Å². The maximum absolute atomic E-state index is 12.0. The van der Waals surface area contributed by atoms with Gasteiger partial charge < -0.3 is 26.0 Å². The number of nitrogens with one attached hydrogen (secondary N) is 2. The Hall–Kier alpha value is -2.66. The lowest BCUT2D eigenvalue weighted by molar-refractivity contribution is -0.117. The molecule has 1 fully saturated rings. The summed E-state index contributed by atoms with van der Waals surface area (Å²) in [6.45, 7) is 4.62. The van der Waals surface area contributed by atoms with E-state index in [1.807, 2.05) is 24.3 Å². The summed E-state index contributed by atoms with van der Waals surface area (Å²) in [5.41, 5.74) is 8.96. The highest BCUT2D eigenvalue weighted by atomic mass is 127. The van der Waals surface area contributed by atoms with Crippen LogP contribution in [0.5, 0.6) is 0 Å². The quantitative estimate of drug-likeness (QED) is 0.289. The van der Waals surface area contributed by atoms with Gasteiger partial charge in [0.25, 0.3) is 5.91 Å². The number of guanidine groups is 1. The molecule has 0 aliphatic carbocycles. The predicted octanol–water partition coefficient (Wildman–Crippen LogP) is 1.98. The number of primary amides is 1. The minimum atomic E-state index is -0.576. The van der Waals surface area contributed by atoms with Crippen molar-refractivity contribution in [3.63, 3.8) is 0 Å². The number of amides is 2. The van der Waals surface area contributed by atoms with E-state index in [9.17, 15) is 9.59 Å². The van der Waals surface area contributed by atoms with Crippen LogP contribution in [0.3, 0.4) is 0 Å². The molecule has 8 nitrogen and oxygen atoms in total. The first-order valence-electron chi connectivity index (χ1n) is 10.3. The molecule has 3 rings (SSSR count). The van der Waals surface area contributed by atoms with E-state index in [0.717, 1.165) is 24.6 Å². The highest BCUT2D eigenvalue weighted by Gasteiger charge is 2.25. The molecule has 9 heteroatoms. The molecule has 1 atom stereocenters. The van der Waals surface area contributed by atoms with Crippen molar-refractivity contribution < 1.29 is 14.3 Å². The Morgan fingerprint density at radius 3 is 2.53 bits per heavy atom. The average Bonchev–Trinajstić information content (AvgIpc) is 2.79. The molecule has 0 saturated carbocycles. The zero-order chi connectivity index (χ0) is 22.2. The third-order valence-corrected chi connectivity index (χ3v) is 5.20. The molecule has 2 aromatic carbocycles. The minimum absolute atomic E-state index is 0. The second-order valence-electron chi connectivity index (χ2n) is 7.41. The van der Waals surface area contributed by atoms with E-state index >= 15 is 0 Å². The molecule has 1 aliphatic heterocycles. The number of ether oxygens (including phenoxy) is 1. The van der Waals surface area contributed by atoms with Crippen LogP contribution in [0, 0.1) is 6.92 Å². The van der Waals surface area contributed by atoms with E-state index in [1.165, 1.54) is 11.1 Å². The summed E-state index contributed by atoms with van der Waals surface area (Å²) in [7, 11) is 1.77. The number of hydrogen-bond donors (Lipinski definition) is 3. The van der Waals surface area contributed by atoms with Crippen LogP contribution in [0.15, 0.2) is 53.5 Å². The molecule has 2 aromatic rings. The van der Waals surface area contributed by atoms with Crippen LogP contribution in [0.4, 0.5) is 0 Å². The van der Waals surface area contributed by atoms with Crippen molar-refractivity contribution in [1.29, 1.82) is 0 Å². The van der Waals surface area contributed by atoms with E-state index in [2.05, 4.69) is 39.6 Å². The highest BCUT2D eigenvalue weighted by molar-refractivity contribution is 14.0. The Labute approximate surface area is 205 Å². The minimum Gasteiger partial charge on any atom is -0.370 e. The van der Waals surface area contributed by atoms with Gasteiger partial charge in [-0.1, -0.05) is 36.4 Å². The topological polar surface area (TPSA) is 109 Å². The number of nitrogens with zero attached hydrogens (tertiary/aromatic N) is 2. The molecule has 1 aliphatic rings. The molecule has 1 saturated heterocycles. The fourth-order valence-electron chi connectivity index (χ4n) is 3.53. The standard InChI is InChI=1S/C23H29N5O3.HI/c1-16-5-3-4-6-19(16)20-15-28(11-12-31-20)23(25-2)27-13-17-7-9-18(10-8-17)22(30)26-14-21(24)29;/h3-10,20H,11-15H2,1-2H3,(H2,24,29)(H,25,27)(H,26,30);1H. The Kier molecular flexibility index (Phi) is 9.92. The molecule has 1 unspecified atom stereocenters. The van der Waals surface area contributed by atoms with Gasteiger partial charge in [-0.05, 0) is 35.7 Å². The number of benzene rings is 2. The summed E-state index contributed by atoms with van der Waals surface area (Å²) >= 11 is 0. The van der Waals surface area contributed by atoms with Crippen molar-refractivity contribution in [2.75, 3.05) is 33.3 Å². The summed E-state index contributed by atoms with van der Waals surface area (Å²) in [4.78, 5) is 29.4. The molecule has 0 aromatic heterocycles. The lowest BCUT2D eigenvalue weighted by Gasteiger charge is -2.35. The number of halogens is 1. The smallest absolute Gasteiger partial charge is 0.251 e. The number of aryl methyl sites for hydroxylation is 1. The lowest BCUT2D eigenvalue weighted by Crippen LogP contribution is -2.48. The van der Waals surface area contributed by atoms with Crippen molar-refractivity contribution in [2.45, 2.75) is 19.6 Å². The average molecular weight is 551 g/mol. The third kappa shape index (κ3) is 6.92. The fraction of sp³-hybridized carbons (Fsp3) is 0.348. The summed E-state index contributed by atoms with van der Waals surface area (Å²) in [5.74, 6) is -0.0943. The summed E-state index contributed by atoms with van der Waals surface area (Å²) in [5, 5.41) is 5.86. The first kappa shape index (κ1) is 25.6. The first-order chi connectivity index (χ1) is 15.0. The van der Waals surface area contributed by atoms with Crippen molar-refractivity contribution in [3.05, 3.63) is 70.8 Å². The second-order valence-corrected chi connectivity index (χ2v) is 7.41. The van der Waals surface area contributed by atoms with E-state index in [4.69, 9.17) is 10.5 Å². The van der Waals surface area contributed by atoms with Gasteiger partial charge >= 0.3 is 0 Å². The molecule has 4 N–H and O–H groups in total. The SMILES string of the molecule is CN=C(NCc1ccc(C(=O)NCC(N)=O)cc1)N1CCOC(c2ccccc2C)C1.I. The first-order valence-corrected chi connectivity index (χ1v) is 10.3. The number of hydrogen-bond acceptors (Lipinski definition) is 4. The molecule has 172 valence electrons. The van der Waals surface area contributed by atoms with E-state index in [-0.39, 0.29) is 42.5 Å². The van der Waals surface area contributed by atoms with Crippen LogP contribution in [0.2, 0.25) is 0 Å². The Morgan fingerprint density at radius 2 is 1.88 bits per heavy atom. The monoisotopic (exact) mass is 551 g/mol. The molecule has 2 amide bonds. The van der Waals surface area contributed by atoms with Crippen molar-refractivity contribution in [1.82, 2.24) is 15.5 Å². The normalized spacial score (nSPS) is 16.1. The van der Waals surface area contributed by atoms with Crippen LogP contribution in [-0.2, 0) is 16.1 Å². The Morgan fingerprint density at radius 1 is 1.16 bits per heavy atom. The number of rotatable bonds is 6.